The zero-order chi connectivity index (χ0) is 17.4. The molecule has 1 aliphatic rings. The summed E-state index contributed by atoms with van der Waals surface area (Å²) in [5, 5.41) is 5.39. The predicted octanol–water partition coefficient (Wildman–Crippen LogP) is 3.80. The summed E-state index contributed by atoms with van der Waals surface area (Å²) in [4.78, 5) is 19.9. The van der Waals surface area contributed by atoms with Gasteiger partial charge in [-0.2, -0.15) is 5.10 Å². The van der Waals surface area contributed by atoms with Crippen LogP contribution in [0.1, 0.15) is 73.6 Å². The first-order valence-electron chi connectivity index (χ1n) is 9.01. The Hall–Kier alpha value is -1.91. The Morgan fingerprint density at radius 1 is 1.29 bits per heavy atom. The number of aromatic nitrogens is 3. The molecule has 3 rings (SSSR count). The van der Waals surface area contributed by atoms with Crippen LogP contribution in [0.25, 0.3) is 11.0 Å². The van der Waals surface area contributed by atoms with Crippen molar-refractivity contribution in [3.8, 4) is 0 Å². The van der Waals surface area contributed by atoms with Gasteiger partial charge in [0.25, 0.3) is 5.91 Å². The van der Waals surface area contributed by atoms with Crippen molar-refractivity contribution in [2.45, 2.75) is 64.8 Å². The molecule has 0 spiro atoms. The molecule has 0 N–H and O–H groups in total. The van der Waals surface area contributed by atoms with Gasteiger partial charge in [-0.05, 0) is 31.7 Å². The van der Waals surface area contributed by atoms with E-state index in [1.54, 1.807) is 4.68 Å². The van der Waals surface area contributed by atoms with E-state index in [9.17, 15) is 4.79 Å². The van der Waals surface area contributed by atoms with Crippen LogP contribution >= 0.6 is 0 Å². The van der Waals surface area contributed by atoms with Crippen LogP contribution in [-0.2, 0) is 7.05 Å². The first kappa shape index (κ1) is 16.9. The van der Waals surface area contributed by atoms with Gasteiger partial charge in [0, 0.05) is 25.8 Å². The molecule has 0 saturated heterocycles. The quantitative estimate of drug-likeness (QED) is 0.861. The first-order valence-corrected chi connectivity index (χ1v) is 9.01. The third-order valence-electron chi connectivity index (χ3n) is 5.25. The number of hydrogen-bond acceptors (Lipinski definition) is 3. The molecule has 1 amide bonds. The number of carbonyl (C=O) groups excluding carboxylic acids is 1. The van der Waals surface area contributed by atoms with Crippen molar-refractivity contribution in [1.29, 1.82) is 0 Å². The molecule has 2 heterocycles. The topological polar surface area (TPSA) is 51.0 Å². The van der Waals surface area contributed by atoms with Gasteiger partial charge in [0.1, 0.15) is 0 Å². The van der Waals surface area contributed by atoms with Crippen molar-refractivity contribution < 1.29 is 4.79 Å². The third kappa shape index (κ3) is 2.92. The number of fused-ring (bicyclic) bond motifs is 1. The smallest absolute Gasteiger partial charge is 0.254 e. The van der Waals surface area contributed by atoms with Gasteiger partial charge in [0.15, 0.2) is 5.65 Å². The molecule has 2 aromatic heterocycles. The van der Waals surface area contributed by atoms with E-state index in [0.717, 1.165) is 40.8 Å². The van der Waals surface area contributed by atoms with Gasteiger partial charge < -0.3 is 4.90 Å². The SMILES string of the molecule is Cc1nn(C)c2nc(C(C)C)cc(C(=O)N(C)C3CCCCC3)c12. The molecule has 1 saturated carbocycles. The lowest BCUT2D eigenvalue weighted by Gasteiger charge is -2.31. The number of aryl methyl sites for hydroxylation is 2. The minimum Gasteiger partial charge on any atom is -0.339 e. The van der Waals surface area contributed by atoms with E-state index in [4.69, 9.17) is 4.98 Å². The summed E-state index contributed by atoms with van der Waals surface area (Å²) in [6, 6.07) is 2.33. The fraction of sp³-hybridized carbons (Fsp3) is 0.632. The summed E-state index contributed by atoms with van der Waals surface area (Å²) in [7, 11) is 3.84. The fourth-order valence-corrected chi connectivity index (χ4v) is 3.75. The normalized spacial score (nSPS) is 16.1. The van der Waals surface area contributed by atoms with Crippen LogP contribution in [0.3, 0.4) is 0 Å². The standard InChI is InChI=1S/C19H28N4O/c1-12(2)16-11-15(17-13(3)21-23(5)18(17)20-16)19(24)22(4)14-9-7-6-8-10-14/h11-12,14H,6-10H2,1-5H3. The van der Waals surface area contributed by atoms with Gasteiger partial charge in [-0.25, -0.2) is 4.98 Å². The molecule has 1 fully saturated rings. The Kier molecular flexibility index (Phi) is 4.61. The average molecular weight is 328 g/mol. The van der Waals surface area contributed by atoms with Gasteiger partial charge in [-0.1, -0.05) is 33.1 Å². The molecule has 1 aliphatic carbocycles. The second-order valence-electron chi connectivity index (χ2n) is 7.36. The molecule has 130 valence electrons. The summed E-state index contributed by atoms with van der Waals surface area (Å²) in [6.07, 6.45) is 5.95. The predicted molar refractivity (Wildman–Crippen MR) is 96.3 cm³/mol. The first-order chi connectivity index (χ1) is 11.4. The van der Waals surface area contributed by atoms with Gasteiger partial charge in [0.2, 0.25) is 0 Å². The zero-order valence-electron chi connectivity index (χ0n) is 15.5. The lowest BCUT2D eigenvalue weighted by molar-refractivity contribution is 0.0698. The molecule has 0 aromatic carbocycles. The van der Waals surface area contributed by atoms with E-state index in [-0.39, 0.29) is 11.8 Å². The van der Waals surface area contributed by atoms with Crippen LogP contribution in [0.15, 0.2) is 6.07 Å². The fourth-order valence-electron chi connectivity index (χ4n) is 3.75. The molecule has 5 nitrogen and oxygen atoms in total. The Bertz CT molecular complexity index is 756. The summed E-state index contributed by atoms with van der Waals surface area (Å²) in [5.41, 5.74) is 3.38. The van der Waals surface area contributed by atoms with Crippen LogP contribution in [0.2, 0.25) is 0 Å². The van der Waals surface area contributed by atoms with E-state index < -0.39 is 0 Å². The molecule has 5 heteroatoms. The molecular formula is C19H28N4O. The number of hydrogen-bond donors (Lipinski definition) is 0. The van der Waals surface area contributed by atoms with Crippen LogP contribution in [0, 0.1) is 6.92 Å². The van der Waals surface area contributed by atoms with Crippen LogP contribution in [0.5, 0.6) is 0 Å². The Balaban J connectivity index is 2.07. The molecular weight excluding hydrogens is 300 g/mol. The number of nitrogens with zero attached hydrogens (tertiary/aromatic N) is 4. The summed E-state index contributed by atoms with van der Waals surface area (Å²) >= 11 is 0. The highest BCUT2D eigenvalue weighted by Crippen LogP contribution is 2.28. The highest BCUT2D eigenvalue weighted by atomic mass is 16.2. The molecule has 0 atom stereocenters. The second kappa shape index (κ2) is 6.54. The van der Waals surface area contributed by atoms with Crippen molar-refractivity contribution in [2.24, 2.45) is 7.05 Å². The van der Waals surface area contributed by atoms with E-state index in [0.29, 0.717) is 6.04 Å². The number of carbonyl (C=O) groups is 1. The van der Waals surface area contributed by atoms with Crippen LogP contribution < -0.4 is 0 Å². The number of amides is 1. The van der Waals surface area contributed by atoms with Gasteiger partial charge >= 0.3 is 0 Å². The lowest BCUT2D eigenvalue weighted by atomic mass is 9.93. The Labute approximate surface area is 144 Å². The van der Waals surface area contributed by atoms with E-state index >= 15 is 0 Å². The van der Waals surface area contributed by atoms with Crippen LogP contribution in [0.4, 0.5) is 0 Å². The largest absolute Gasteiger partial charge is 0.339 e. The highest BCUT2D eigenvalue weighted by Gasteiger charge is 2.26. The van der Waals surface area contributed by atoms with Crippen molar-refractivity contribution in [3.05, 3.63) is 23.0 Å². The average Bonchev–Trinajstić information content (AvgIpc) is 2.88. The lowest BCUT2D eigenvalue weighted by Crippen LogP contribution is -2.38. The third-order valence-corrected chi connectivity index (χ3v) is 5.25. The number of pyridine rings is 1. The van der Waals surface area contributed by atoms with E-state index in [1.807, 2.05) is 32.0 Å². The van der Waals surface area contributed by atoms with Gasteiger partial charge in [0.05, 0.1) is 16.6 Å². The minimum atomic E-state index is 0.104. The van der Waals surface area contributed by atoms with Gasteiger partial charge in [-0.3, -0.25) is 9.48 Å². The Morgan fingerprint density at radius 2 is 1.96 bits per heavy atom. The highest BCUT2D eigenvalue weighted by molar-refractivity contribution is 6.06. The van der Waals surface area contributed by atoms with Crippen LogP contribution in [-0.4, -0.2) is 38.7 Å². The molecule has 0 bridgehead atoms. The summed E-state index contributed by atoms with van der Waals surface area (Å²) in [6.45, 7) is 6.17. The van der Waals surface area contributed by atoms with Crippen molar-refractivity contribution in [1.82, 2.24) is 19.7 Å². The monoisotopic (exact) mass is 328 g/mol. The molecule has 2 aromatic rings. The maximum absolute atomic E-state index is 13.3. The van der Waals surface area contributed by atoms with E-state index in [1.165, 1.54) is 19.3 Å². The van der Waals surface area contributed by atoms with E-state index in [2.05, 4.69) is 18.9 Å². The molecule has 0 aliphatic heterocycles. The Morgan fingerprint density at radius 3 is 2.58 bits per heavy atom. The molecule has 0 radical (unpaired) electrons. The summed E-state index contributed by atoms with van der Waals surface area (Å²) < 4.78 is 1.79. The minimum absolute atomic E-state index is 0.104. The van der Waals surface area contributed by atoms with Gasteiger partial charge in [-0.15, -0.1) is 0 Å². The maximum Gasteiger partial charge on any atom is 0.254 e. The molecule has 0 unspecified atom stereocenters. The second-order valence-corrected chi connectivity index (χ2v) is 7.36. The summed E-state index contributed by atoms with van der Waals surface area (Å²) in [5.74, 6) is 0.378. The van der Waals surface area contributed by atoms with Crippen molar-refractivity contribution >= 4 is 16.9 Å². The molecule has 24 heavy (non-hydrogen) atoms. The zero-order valence-corrected chi connectivity index (χ0v) is 15.5. The van der Waals surface area contributed by atoms with Crippen molar-refractivity contribution in [2.75, 3.05) is 7.05 Å². The number of rotatable bonds is 3. The van der Waals surface area contributed by atoms with Crippen molar-refractivity contribution in [3.63, 3.8) is 0 Å². The maximum atomic E-state index is 13.3.